The molecular formula is C27H35N3O4. The number of nitrogens with zero attached hydrogens (tertiary/aromatic N) is 2. The third-order valence-electron chi connectivity index (χ3n) is 6.07. The number of hydrogen-bond donors (Lipinski definition) is 2. The van der Waals surface area contributed by atoms with Gasteiger partial charge in [-0.15, -0.1) is 0 Å². The van der Waals surface area contributed by atoms with Gasteiger partial charge >= 0.3 is 5.97 Å². The van der Waals surface area contributed by atoms with Crippen molar-refractivity contribution in [2.45, 2.75) is 52.0 Å². The molecule has 0 radical (unpaired) electrons. The van der Waals surface area contributed by atoms with Crippen LogP contribution in [0.4, 0.5) is 0 Å². The molecule has 0 saturated carbocycles. The SMILES string of the molecule is CC1CCCN1CCCOc1ccc(-n2c(C(=O)O)cc3ccccc32)cc1.CCCC(N)=O. The number of carboxylic acid groups (broad SMARTS) is 1. The number of aromatic nitrogens is 1. The lowest BCUT2D eigenvalue weighted by molar-refractivity contribution is -0.118. The zero-order chi connectivity index (χ0) is 24.5. The van der Waals surface area contributed by atoms with E-state index in [4.69, 9.17) is 10.5 Å². The molecule has 0 bridgehead atoms. The summed E-state index contributed by atoms with van der Waals surface area (Å²) in [7, 11) is 0. The van der Waals surface area contributed by atoms with Gasteiger partial charge in [-0.2, -0.15) is 0 Å². The highest BCUT2D eigenvalue weighted by Crippen LogP contribution is 2.26. The topological polar surface area (TPSA) is 97.8 Å². The van der Waals surface area contributed by atoms with E-state index in [-0.39, 0.29) is 11.6 Å². The van der Waals surface area contributed by atoms with E-state index in [0.717, 1.165) is 41.7 Å². The van der Waals surface area contributed by atoms with Crippen LogP contribution in [0.2, 0.25) is 0 Å². The number of carbonyl (C=O) groups excluding carboxylic acids is 1. The van der Waals surface area contributed by atoms with Crippen LogP contribution in [0.3, 0.4) is 0 Å². The van der Waals surface area contributed by atoms with Crippen LogP contribution < -0.4 is 10.5 Å². The van der Waals surface area contributed by atoms with Crippen molar-refractivity contribution in [2.75, 3.05) is 19.7 Å². The minimum atomic E-state index is -0.937. The lowest BCUT2D eigenvalue weighted by Gasteiger charge is -2.20. The average molecular weight is 466 g/mol. The van der Waals surface area contributed by atoms with Gasteiger partial charge in [-0.25, -0.2) is 4.79 Å². The molecule has 2 heterocycles. The quantitative estimate of drug-likeness (QED) is 0.440. The monoisotopic (exact) mass is 465 g/mol. The number of fused-ring (bicyclic) bond motifs is 1. The summed E-state index contributed by atoms with van der Waals surface area (Å²) in [6.45, 7) is 7.19. The van der Waals surface area contributed by atoms with Gasteiger partial charge in [0, 0.05) is 30.1 Å². The van der Waals surface area contributed by atoms with Crippen molar-refractivity contribution < 1.29 is 19.4 Å². The highest BCUT2D eigenvalue weighted by Gasteiger charge is 2.19. The molecule has 1 unspecified atom stereocenters. The Morgan fingerprint density at radius 1 is 1.15 bits per heavy atom. The fourth-order valence-corrected chi connectivity index (χ4v) is 4.31. The van der Waals surface area contributed by atoms with E-state index in [1.807, 2.05) is 55.5 Å². The van der Waals surface area contributed by atoms with Crippen molar-refractivity contribution in [1.82, 2.24) is 9.47 Å². The third-order valence-corrected chi connectivity index (χ3v) is 6.07. The normalized spacial score (nSPS) is 15.6. The maximum Gasteiger partial charge on any atom is 0.352 e. The van der Waals surface area contributed by atoms with Gasteiger partial charge in [-0.05, 0) is 75.5 Å². The van der Waals surface area contributed by atoms with Gasteiger partial charge in [0.25, 0.3) is 0 Å². The Labute approximate surface area is 201 Å². The van der Waals surface area contributed by atoms with E-state index in [2.05, 4.69) is 11.8 Å². The first kappa shape index (κ1) is 25.3. The zero-order valence-electron chi connectivity index (χ0n) is 20.1. The van der Waals surface area contributed by atoms with Crippen molar-refractivity contribution in [3.8, 4) is 11.4 Å². The summed E-state index contributed by atoms with van der Waals surface area (Å²) >= 11 is 0. The third kappa shape index (κ3) is 6.60. The molecule has 0 aliphatic carbocycles. The number of carboxylic acids is 1. The number of nitrogens with two attached hydrogens (primary N) is 1. The van der Waals surface area contributed by atoms with Crippen LogP contribution in [0.15, 0.2) is 54.6 Å². The molecule has 4 rings (SSSR count). The standard InChI is InChI=1S/C23H26N2O3.C4H9NO/c1-17-6-4-13-24(17)14-5-15-28-20-11-9-19(10-12-20)25-21-8-3-2-7-18(21)16-22(25)23(26)27;1-2-3-4(5)6/h2-3,7-12,16-17H,4-6,13-15H2,1H3,(H,26,27);2-3H2,1H3,(H2,5,6). The number of likely N-dealkylation sites (tertiary alicyclic amines) is 1. The van der Waals surface area contributed by atoms with E-state index in [1.165, 1.54) is 19.4 Å². The molecule has 1 fully saturated rings. The summed E-state index contributed by atoms with van der Waals surface area (Å²) < 4.78 is 7.66. The Morgan fingerprint density at radius 3 is 2.47 bits per heavy atom. The molecule has 1 aliphatic heterocycles. The Morgan fingerprint density at radius 2 is 1.88 bits per heavy atom. The van der Waals surface area contributed by atoms with E-state index in [0.29, 0.717) is 19.1 Å². The summed E-state index contributed by atoms with van der Waals surface area (Å²) in [6, 6.07) is 17.8. The average Bonchev–Trinajstić information content (AvgIpc) is 3.41. The zero-order valence-corrected chi connectivity index (χ0v) is 20.1. The molecule has 3 N–H and O–H groups in total. The van der Waals surface area contributed by atoms with Crippen LogP contribution in [0, 0.1) is 0 Å². The Balaban J connectivity index is 0.000000481. The highest BCUT2D eigenvalue weighted by atomic mass is 16.5. The number of carbonyl (C=O) groups is 2. The number of hydrogen-bond acceptors (Lipinski definition) is 4. The Hall–Kier alpha value is -3.32. The first-order chi connectivity index (χ1) is 16.4. The number of benzene rings is 2. The molecule has 1 aliphatic rings. The predicted octanol–water partition coefficient (Wildman–Crippen LogP) is 4.85. The summed E-state index contributed by atoms with van der Waals surface area (Å²) in [6.07, 6.45) is 4.98. The molecule has 7 nitrogen and oxygen atoms in total. The van der Waals surface area contributed by atoms with Crippen LogP contribution in [0.1, 0.15) is 56.4 Å². The second-order valence-electron chi connectivity index (χ2n) is 8.67. The van der Waals surface area contributed by atoms with Crippen molar-refractivity contribution >= 4 is 22.8 Å². The van der Waals surface area contributed by atoms with Gasteiger partial charge in [0.15, 0.2) is 0 Å². The van der Waals surface area contributed by atoms with Gasteiger partial charge in [0.2, 0.25) is 5.91 Å². The predicted molar refractivity (Wildman–Crippen MR) is 135 cm³/mol. The molecule has 3 aromatic rings. The van der Waals surface area contributed by atoms with Crippen LogP contribution in [0.5, 0.6) is 5.75 Å². The van der Waals surface area contributed by atoms with Crippen molar-refractivity contribution in [2.24, 2.45) is 5.73 Å². The molecule has 1 atom stereocenters. The molecule has 182 valence electrons. The summed E-state index contributed by atoms with van der Waals surface area (Å²) in [4.78, 5) is 24.0. The largest absolute Gasteiger partial charge is 0.494 e. The van der Waals surface area contributed by atoms with E-state index < -0.39 is 5.97 Å². The van der Waals surface area contributed by atoms with E-state index in [1.54, 1.807) is 10.6 Å². The van der Waals surface area contributed by atoms with Gasteiger partial charge in [-0.1, -0.05) is 25.1 Å². The summed E-state index contributed by atoms with van der Waals surface area (Å²) in [5, 5.41) is 10.5. The second kappa shape index (κ2) is 12.2. The van der Waals surface area contributed by atoms with Crippen molar-refractivity contribution in [1.29, 1.82) is 0 Å². The van der Waals surface area contributed by atoms with Crippen LogP contribution in [0.25, 0.3) is 16.6 Å². The lowest BCUT2D eigenvalue weighted by atomic mass is 10.2. The number of rotatable bonds is 9. The fraction of sp³-hybridized carbons (Fsp3) is 0.407. The van der Waals surface area contributed by atoms with E-state index in [9.17, 15) is 14.7 Å². The highest BCUT2D eigenvalue weighted by molar-refractivity contribution is 5.96. The van der Waals surface area contributed by atoms with Crippen molar-refractivity contribution in [3.05, 3.63) is 60.3 Å². The minimum absolute atomic E-state index is 0.211. The van der Waals surface area contributed by atoms with Crippen LogP contribution in [-0.2, 0) is 4.79 Å². The van der Waals surface area contributed by atoms with Crippen LogP contribution in [-0.4, -0.2) is 52.2 Å². The van der Waals surface area contributed by atoms with Crippen molar-refractivity contribution in [3.63, 3.8) is 0 Å². The molecule has 1 saturated heterocycles. The molecule has 1 amide bonds. The molecule has 1 aromatic heterocycles. The number of amides is 1. The maximum atomic E-state index is 11.7. The number of para-hydroxylation sites is 1. The van der Waals surface area contributed by atoms with E-state index >= 15 is 0 Å². The molecular weight excluding hydrogens is 430 g/mol. The molecule has 7 heteroatoms. The van der Waals surface area contributed by atoms with Crippen LogP contribution >= 0.6 is 0 Å². The smallest absolute Gasteiger partial charge is 0.352 e. The molecule has 2 aromatic carbocycles. The maximum absolute atomic E-state index is 11.7. The van der Waals surface area contributed by atoms with Gasteiger partial charge in [0.05, 0.1) is 12.1 Å². The van der Waals surface area contributed by atoms with Gasteiger partial charge in [0.1, 0.15) is 11.4 Å². The minimum Gasteiger partial charge on any atom is -0.494 e. The number of ether oxygens (including phenoxy) is 1. The molecule has 0 spiro atoms. The number of aromatic carboxylic acids is 1. The lowest BCUT2D eigenvalue weighted by Crippen LogP contribution is -2.28. The number of primary amides is 1. The first-order valence-corrected chi connectivity index (χ1v) is 12.0. The van der Waals surface area contributed by atoms with Gasteiger partial charge < -0.3 is 25.0 Å². The Bertz CT molecular complexity index is 1090. The van der Waals surface area contributed by atoms with Gasteiger partial charge in [-0.3, -0.25) is 4.79 Å². The second-order valence-corrected chi connectivity index (χ2v) is 8.67. The first-order valence-electron chi connectivity index (χ1n) is 12.0. The summed E-state index contributed by atoms with van der Waals surface area (Å²) in [5.41, 5.74) is 6.72. The fourth-order valence-electron chi connectivity index (χ4n) is 4.31. The Kier molecular flexibility index (Phi) is 9.10. The summed E-state index contributed by atoms with van der Waals surface area (Å²) in [5.74, 6) is -0.336. The molecule has 34 heavy (non-hydrogen) atoms.